The van der Waals surface area contributed by atoms with E-state index in [4.69, 9.17) is 0 Å². The van der Waals surface area contributed by atoms with Gasteiger partial charge in [-0.3, -0.25) is 4.90 Å². The van der Waals surface area contributed by atoms with Gasteiger partial charge in [-0.1, -0.05) is 53.7 Å². The molecule has 1 saturated heterocycles. The molecule has 0 atom stereocenters. The van der Waals surface area contributed by atoms with E-state index in [1.807, 2.05) is 12.1 Å². The minimum Gasteiger partial charge on any atom is -0.411 e. The first kappa shape index (κ1) is 17.6. The van der Waals surface area contributed by atoms with Crippen molar-refractivity contribution in [1.82, 2.24) is 9.80 Å². The van der Waals surface area contributed by atoms with Crippen LogP contribution in [-0.2, 0) is 12.8 Å². The molecule has 0 aromatic heterocycles. The fourth-order valence-corrected chi connectivity index (χ4v) is 3.24. The van der Waals surface area contributed by atoms with Crippen molar-refractivity contribution in [2.45, 2.75) is 12.8 Å². The fraction of sp³-hybridized carbons (Fsp3) is 0.381. The minimum absolute atomic E-state index is 0.701. The van der Waals surface area contributed by atoms with Crippen LogP contribution in [0.3, 0.4) is 0 Å². The number of nitrogens with zero attached hydrogens (tertiary/aromatic N) is 3. The maximum atomic E-state index is 9.51. The number of oxime groups is 1. The molecular weight excluding hydrogens is 310 g/mol. The molecule has 1 aliphatic heterocycles. The number of likely N-dealkylation sites (N-methyl/N-ethyl adjacent to an activating group) is 1. The third-order valence-corrected chi connectivity index (χ3v) is 4.90. The molecule has 2 aromatic carbocycles. The summed E-state index contributed by atoms with van der Waals surface area (Å²) in [7, 11) is 2.15. The van der Waals surface area contributed by atoms with E-state index >= 15 is 0 Å². The SMILES string of the molecule is CN1CCN(CC(=NO)c2cccc(CCc3ccccc3)c2)CC1. The average Bonchev–Trinajstić information content (AvgIpc) is 2.67. The van der Waals surface area contributed by atoms with E-state index in [0.29, 0.717) is 6.54 Å². The molecule has 4 heteroatoms. The second-order valence-corrected chi connectivity index (χ2v) is 6.81. The van der Waals surface area contributed by atoms with Gasteiger partial charge in [0.2, 0.25) is 0 Å². The normalized spacial score (nSPS) is 16.9. The quantitative estimate of drug-likeness (QED) is 0.500. The lowest BCUT2D eigenvalue weighted by molar-refractivity contribution is 0.169. The lowest BCUT2D eigenvalue weighted by Gasteiger charge is -2.32. The van der Waals surface area contributed by atoms with Gasteiger partial charge in [0.15, 0.2) is 0 Å². The Labute approximate surface area is 150 Å². The number of hydrogen-bond acceptors (Lipinski definition) is 4. The number of piperazine rings is 1. The summed E-state index contributed by atoms with van der Waals surface area (Å²) in [5, 5.41) is 13.1. The third-order valence-electron chi connectivity index (χ3n) is 4.90. The molecule has 0 saturated carbocycles. The van der Waals surface area contributed by atoms with Crippen molar-refractivity contribution in [2.24, 2.45) is 5.16 Å². The van der Waals surface area contributed by atoms with E-state index in [0.717, 1.165) is 50.3 Å². The Morgan fingerprint density at radius 1 is 0.920 bits per heavy atom. The van der Waals surface area contributed by atoms with E-state index in [9.17, 15) is 5.21 Å². The van der Waals surface area contributed by atoms with Gasteiger partial charge in [0, 0.05) is 38.3 Å². The topological polar surface area (TPSA) is 39.1 Å². The molecule has 132 valence electrons. The van der Waals surface area contributed by atoms with Crippen LogP contribution in [0.5, 0.6) is 0 Å². The summed E-state index contributed by atoms with van der Waals surface area (Å²) in [4.78, 5) is 4.68. The molecule has 1 fully saturated rings. The molecular formula is C21H27N3O. The minimum atomic E-state index is 0.701. The molecule has 1 aliphatic rings. The van der Waals surface area contributed by atoms with Crippen molar-refractivity contribution in [3.05, 3.63) is 71.3 Å². The van der Waals surface area contributed by atoms with Crippen LogP contribution in [0.15, 0.2) is 59.8 Å². The van der Waals surface area contributed by atoms with Crippen LogP contribution in [0, 0.1) is 0 Å². The molecule has 0 bridgehead atoms. The third kappa shape index (κ3) is 5.15. The number of hydrogen-bond donors (Lipinski definition) is 1. The summed E-state index contributed by atoms with van der Waals surface area (Å²) in [6.07, 6.45) is 2.01. The van der Waals surface area contributed by atoms with Crippen LogP contribution in [0.4, 0.5) is 0 Å². The second-order valence-electron chi connectivity index (χ2n) is 6.81. The van der Waals surface area contributed by atoms with Crippen LogP contribution < -0.4 is 0 Å². The first-order chi connectivity index (χ1) is 12.2. The van der Waals surface area contributed by atoms with Gasteiger partial charge in [-0.2, -0.15) is 0 Å². The molecule has 0 spiro atoms. The van der Waals surface area contributed by atoms with E-state index in [1.54, 1.807) is 0 Å². The predicted octanol–water partition coefficient (Wildman–Crippen LogP) is 2.90. The molecule has 25 heavy (non-hydrogen) atoms. The Bertz CT molecular complexity index is 691. The Hall–Kier alpha value is -2.17. The van der Waals surface area contributed by atoms with Crippen LogP contribution in [-0.4, -0.2) is 60.5 Å². The van der Waals surface area contributed by atoms with Gasteiger partial charge in [0.1, 0.15) is 5.71 Å². The molecule has 2 aromatic rings. The zero-order valence-electron chi connectivity index (χ0n) is 14.9. The van der Waals surface area contributed by atoms with Gasteiger partial charge < -0.3 is 10.1 Å². The largest absolute Gasteiger partial charge is 0.411 e. The highest BCUT2D eigenvalue weighted by Gasteiger charge is 2.17. The standard InChI is InChI=1S/C21H27N3O/c1-23-12-14-24(15-13-23)17-21(22-25)20-9-5-8-19(16-20)11-10-18-6-3-2-4-7-18/h2-9,16,25H,10-15,17H2,1H3. The van der Waals surface area contributed by atoms with E-state index in [1.165, 1.54) is 11.1 Å². The highest BCUT2D eigenvalue weighted by atomic mass is 16.4. The van der Waals surface area contributed by atoms with Crippen molar-refractivity contribution in [1.29, 1.82) is 0 Å². The lowest BCUT2D eigenvalue weighted by atomic mass is 10.0. The van der Waals surface area contributed by atoms with Crippen molar-refractivity contribution in [3.8, 4) is 0 Å². The molecule has 0 radical (unpaired) electrons. The Morgan fingerprint density at radius 2 is 1.60 bits per heavy atom. The molecule has 0 unspecified atom stereocenters. The Kier molecular flexibility index (Phi) is 6.20. The lowest BCUT2D eigenvalue weighted by Crippen LogP contribution is -2.46. The summed E-state index contributed by atoms with van der Waals surface area (Å²) in [5.74, 6) is 0. The molecule has 4 nitrogen and oxygen atoms in total. The zero-order chi connectivity index (χ0) is 17.5. The molecule has 0 amide bonds. The molecule has 1 N–H and O–H groups in total. The van der Waals surface area contributed by atoms with Crippen molar-refractivity contribution in [2.75, 3.05) is 39.8 Å². The molecule has 0 aliphatic carbocycles. The van der Waals surface area contributed by atoms with Gasteiger partial charge in [0.25, 0.3) is 0 Å². The monoisotopic (exact) mass is 337 g/mol. The van der Waals surface area contributed by atoms with Gasteiger partial charge in [-0.25, -0.2) is 0 Å². The highest BCUT2D eigenvalue weighted by molar-refractivity contribution is 6.01. The highest BCUT2D eigenvalue weighted by Crippen LogP contribution is 2.12. The van der Waals surface area contributed by atoms with Gasteiger partial charge in [-0.05, 0) is 37.1 Å². The maximum Gasteiger partial charge on any atom is 0.101 e. The van der Waals surface area contributed by atoms with Crippen LogP contribution in [0.2, 0.25) is 0 Å². The summed E-state index contributed by atoms with van der Waals surface area (Å²) in [5.41, 5.74) is 4.40. The zero-order valence-corrected chi connectivity index (χ0v) is 14.9. The van der Waals surface area contributed by atoms with Gasteiger partial charge >= 0.3 is 0 Å². The first-order valence-corrected chi connectivity index (χ1v) is 8.99. The number of rotatable bonds is 6. The summed E-state index contributed by atoms with van der Waals surface area (Å²) in [6.45, 7) is 4.87. The number of benzene rings is 2. The summed E-state index contributed by atoms with van der Waals surface area (Å²) >= 11 is 0. The van der Waals surface area contributed by atoms with Crippen LogP contribution >= 0.6 is 0 Å². The Balaban J connectivity index is 1.62. The van der Waals surface area contributed by atoms with E-state index in [2.05, 4.69) is 64.5 Å². The maximum absolute atomic E-state index is 9.51. The molecule has 3 rings (SSSR count). The van der Waals surface area contributed by atoms with Crippen LogP contribution in [0.1, 0.15) is 16.7 Å². The molecule has 1 heterocycles. The second kappa shape index (κ2) is 8.79. The van der Waals surface area contributed by atoms with Gasteiger partial charge in [0.05, 0.1) is 0 Å². The Morgan fingerprint density at radius 3 is 2.32 bits per heavy atom. The van der Waals surface area contributed by atoms with Crippen molar-refractivity contribution >= 4 is 5.71 Å². The van der Waals surface area contributed by atoms with Crippen molar-refractivity contribution in [3.63, 3.8) is 0 Å². The summed E-state index contributed by atoms with van der Waals surface area (Å²) in [6, 6.07) is 19.0. The average molecular weight is 337 g/mol. The fourth-order valence-electron chi connectivity index (χ4n) is 3.24. The smallest absolute Gasteiger partial charge is 0.101 e. The first-order valence-electron chi connectivity index (χ1n) is 8.99. The van der Waals surface area contributed by atoms with Crippen molar-refractivity contribution < 1.29 is 5.21 Å². The van der Waals surface area contributed by atoms with Gasteiger partial charge in [-0.15, -0.1) is 0 Å². The predicted molar refractivity (Wildman–Crippen MR) is 103 cm³/mol. The van der Waals surface area contributed by atoms with E-state index in [-0.39, 0.29) is 0 Å². The number of aryl methyl sites for hydroxylation is 2. The van der Waals surface area contributed by atoms with E-state index < -0.39 is 0 Å². The van der Waals surface area contributed by atoms with Crippen LogP contribution in [0.25, 0.3) is 0 Å². The summed E-state index contributed by atoms with van der Waals surface area (Å²) < 4.78 is 0.